The molecule has 68 valence electrons. The first-order valence-electron chi connectivity index (χ1n) is 3.94. The van der Waals surface area contributed by atoms with Crippen LogP contribution in [-0.2, 0) is 11.2 Å². The Morgan fingerprint density at radius 3 is 2.77 bits per heavy atom. The molecule has 1 aromatic rings. The zero-order valence-electron chi connectivity index (χ0n) is 6.73. The number of fused-ring (bicyclic) bond motifs is 1. The van der Waals surface area contributed by atoms with Crippen LogP contribution in [0.25, 0.3) is 0 Å². The summed E-state index contributed by atoms with van der Waals surface area (Å²) in [6.07, 6.45) is 1.19. The summed E-state index contributed by atoms with van der Waals surface area (Å²) >= 11 is 11.8. The van der Waals surface area contributed by atoms with Crippen LogP contribution < -0.4 is 5.32 Å². The lowest BCUT2D eigenvalue weighted by molar-refractivity contribution is -0.116. The highest BCUT2D eigenvalue weighted by atomic mass is 35.5. The van der Waals surface area contributed by atoms with Gasteiger partial charge in [0.05, 0.1) is 0 Å². The fourth-order valence-electron chi connectivity index (χ4n) is 1.42. The quantitative estimate of drug-likeness (QED) is 0.709. The van der Waals surface area contributed by atoms with E-state index in [9.17, 15) is 4.79 Å². The number of hydrogen-bond donors (Lipinski definition) is 1. The van der Waals surface area contributed by atoms with Gasteiger partial charge in [-0.2, -0.15) is 0 Å². The van der Waals surface area contributed by atoms with Crippen LogP contribution in [0.3, 0.4) is 0 Å². The third kappa shape index (κ3) is 1.64. The summed E-state index contributed by atoms with van der Waals surface area (Å²) < 4.78 is 0. The monoisotopic (exact) mass is 215 g/mol. The van der Waals surface area contributed by atoms with Crippen molar-refractivity contribution < 1.29 is 4.79 Å². The number of amides is 1. The smallest absolute Gasteiger partial charge is 0.224 e. The van der Waals surface area contributed by atoms with Crippen molar-refractivity contribution in [1.29, 1.82) is 0 Å². The third-order valence-corrected chi connectivity index (χ3v) is 2.59. The Kier molecular flexibility index (Phi) is 2.18. The maximum atomic E-state index is 11.1. The van der Waals surface area contributed by atoms with Gasteiger partial charge >= 0.3 is 0 Å². The van der Waals surface area contributed by atoms with Crippen molar-refractivity contribution in [3.05, 3.63) is 27.7 Å². The maximum absolute atomic E-state index is 11.1. The Morgan fingerprint density at radius 1 is 1.23 bits per heavy atom. The van der Waals surface area contributed by atoms with E-state index in [0.717, 1.165) is 11.3 Å². The van der Waals surface area contributed by atoms with Gasteiger partial charge in [0.25, 0.3) is 0 Å². The lowest BCUT2D eigenvalue weighted by atomic mass is 10.0. The minimum atomic E-state index is 0.0193. The number of carbonyl (C=O) groups is 1. The van der Waals surface area contributed by atoms with Crippen LogP contribution in [-0.4, -0.2) is 5.91 Å². The van der Waals surface area contributed by atoms with Gasteiger partial charge in [-0.25, -0.2) is 0 Å². The molecule has 0 aromatic heterocycles. The predicted octanol–water partition coefficient (Wildman–Crippen LogP) is 2.88. The molecule has 0 radical (unpaired) electrons. The van der Waals surface area contributed by atoms with Gasteiger partial charge in [0.2, 0.25) is 5.91 Å². The van der Waals surface area contributed by atoms with E-state index in [1.165, 1.54) is 0 Å². The molecule has 0 saturated heterocycles. The van der Waals surface area contributed by atoms with Gasteiger partial charge in [0, 0.05) is 22.2 Å². The van der Waals surface area contributed by atoms with E-state index in [1.54, 1.807) is 12.1 Å². The van der Waals surface area contributed by atoms with E-state index in [-0.39, 0.29) is 5.91 Å². The molecule has 1 heterocycles. The number of hydrogen-bond acceptors (Lipinski definition) is 1. The Labute approximate surface area is 85.8 Å². The van der Waals surface area contributed by atoms with E-state index in [1.807, 2.05) is 0 Å². The van der Waals surface area contributed by atoms with Crippen LogP contribution in [0.15, 0.2) is 12.1 Å². The molecule has 0 aliphatic carbocycles. The minimum Gasteiger partial charge on any atom is -0.326 e. The molecule has 1 aliphatic rings. The average Bonchev–Trinajstić information content (AvgIpc) is 2.02. The molecule has 1 amide bonds. The average molecular weight is 216 g/mol. The van der Waals surface area contributed by atoms with E-state index < -0.39 is 0 Å². The molecule has 2 rings (SSSR count). The molecular weight excluding hydrogens is 209 g/mol. The second-order valence-corrected chi connectivity index (χ2v) is 3.81. The molecule has 13 heavy (non-hydrogen) atoms. The number of benzene rings is 1. The molecule has 2 nitrogen and oxygen atoms in total. The minimum absolute atomic E-state index is 0.0193. The summed E-state index contributed by atoms with van der Waals surface area (Å²) in [6.45, 7) is 0. The fraction of sp³-hybridized carbons (Fsp3) is 0.222. The van der Waals surface area contributed by atoms with Gasteiger partial charge in [-0.15, -0.1) is 0 Å². The summed E-state index contributed by atoms with van der Waals surface area (Å²) in [6, 6.07) is 3.42. The van der Waals surface area contributed by atoms with Crippen molar-refractivity contribution in [2.75, 3.05) is 5.32 Å². The lowest BCUT2D eigenvalue weighted by Crippen LogP contribution is -2.19. The number of halogens is 2. The molecule has 1 aromatic carbocycles. The van der Waals surface area contributed by atoms with Gasteiger partial charge < -0.3 is 5.32 Å². The molecule has 4 heteroatoms. The Balaban J connectivity index is 2.53. The number of anilines is 1. The van der Waals surface area contributed by atoms with E-state index >= 15 is 0 Å². The first-order chi connectivity index (χ1) is 6.16. The second-order valence-electron chi connectivity index (χ2n) is 2.96. The summed E-state index contributed by atoms with van der Waals surface area (Å²) in [5, 5.41) is 3.91. The Hall–Kier alpha value is -0.730. The topological polar surface area (TPSA) is 29.1 Å². The molecule has 1 aliphatic heterocycles. The van der Waals surface area contributed by atoms with Crippen LogP contribution in [0.4, 0.5) is 5.69 Å². The molecular formula is C9H7Cl2NO. The molecule has 0 spiro atoms. The highest BCUT2D eigenvalue weighted by Crippen LogP contribution is 2.32. The van der Waals surface area contributed by atoms with Crippen molar-refractivity contribution >= 4 is 34.8 Å². The van der Waals surface area contributed by atoms with Gasteiger partial charge in [-0.1, -0.05) is 23.2 Å². The standard InChI is InChI=1S/C9H7Cl2NO/c10-5-3-7(11)6-1-2-9(13)12-8(6)4-5/h3-4H,1-2H2,(H,12,13). The Morgan fingerprint density at radius 2 is 2.00 bits per heavy atom. The largest absolute Gasteiger partial charge is 0.326 e. The molecule has 0 atom stereocenters. The van der Waals surface area contributed by atoms with Crippen LogP contribution in [0.2, 0.25) is 10.0 Å². The normalized spacial score (nSPS) is 15.1. The SMILES string of the molecule is O=C1CCc2c(Cl)cc(Cl)cc2N1. The zero-order valence-corrected chi connectivity index (χ0v) is 8.24. The van der Waals surface area contributed by atoms with E-state index in [4.69, 9.17) is 23.2 Å². The zero-order chi connectivity index (χ0) is 9.42. The Bertz CT molecular complexity index is 376. The lowest BCUT2D eigenvalue weighted by Gasteiger charge is -2.17. The van der Waals surface area contributed by atoms with Crippen LogP contribution in [0.5, 0.6) is 0 Å². The van der Waals surface area contributed by atoms with E-state index in [0.29, 0.717) is 22.9 Å². The van der Waals surface area contributed by atoms with Gasteiger partial charge in [0.1, 0.15) is 0 Å². The van der Waals surface area contributed by atoms with Gasteiger partial charge in [-0.3, -0.25) is 4.79 Å². The first-order valence-corrected chi connectivity index (χ1v) is 4.70. The van der Waals surface area contributed by atoms with Crippen molar-refractivity contribution in [3.8, 4) is 0 Å². The number of rotatable bonds is 0. The summed E-state index contributed by atoms with van der Waals surface area (Å²) in [5.74, 6) is 0.0193. The van der Waals surface area contributed by atoms with Gasteiger partial charge in [-0.05, 0) is 24.1 Å². The highest BCUT2D eigenvalue weighted by Gasteiger charge is 2.17. The maximum Gasteiger partial charge on any atom is 0.224 e. The summed E-state index contributed by atoms with van der Waals surface area (Å²) in [7, 11) is 0. The van der Waals surface area contributed by atoms with Crippen LogP contribution in [0, 0.1) is 0 Å². The third-order valence-electron chi connectivity index (χ3n) is 2.04. The number of nitrogens with one attached hydrogen (secondary N) is 1. The molecule has 0 bridgehead atoms. The molecule has 0 unspecified atom stereocenters. The summed E-state index contributed by atoms with van der Waals surface area (Å²) in [4.78, 5) is 11.1. The van der Waals surface area contributed by atoms with Crippen LogP contribution in [0.1, 0.15) is 12.0 Å². The summed E-state index contributed by atoms with van der Waals surface area (Å²) in [5.41, 5.74) is 1.72. The molecule has 0 fully saturated rings. The number of carbonyl (C=O) groups excluding carboxylic acids is 1. The van der Waals surface area contributed by atoms with Crippen molar-refractivity contribution in [2.45, 2.75) is 12.8 Å². The van der Waals surface area contributed by atoms with Crippen molar-refractivity contribution in [3.63, 3.8) is 0 Å². The highest BCUT2D eigenvalue weighted by molar-refractivity contribution is 6.35. The fourth-order valence-corrected chi connectivity index (χ4v) is 2.01. The first kappa shape index (κ1) is 8.85. The molecule has 0 saturated carbocycles. The van der Waals surface area contributed by atoms with Gasteiger partial charge in [0.15, 0.2) is 0 Å². The second kappa shape index (κ2) is 3.20. The predicted molar refractivity (Wildman–Crippen MR) is 53.4 cm³/mol. The van der Waals surface area contributed by atoms with Crippen molar-refractivity contribution in [1.82, 2.24) is 0 Å². The van der Waals surface area contributed by atoms with Crippen LogP contribution >= 0.6 is 23.2 Å². The van der Waals surface area contributed by atoms with Crippen molar-refractivity contribution in [2.24, 2.45) is 0 Å². The molecule has 1 N–H and O–H groups in total. The van der Waals surface area contributed by atoms with E-state index in [2.05, 4.69) is 5.32 Å².